The smallest absolute Gasteiger partial charge is 0.206 e. The van der Waals surface area contributed by atoms with E-state index in [4.69, 9.17) is 4.74 Å². The van der Waals surface area contributed by atoms with Gasteiger partial charge in [-0.25, -0.2) is 4.98 Å². The summed E-state index contributed by atoms with van der Waals surface area (Å²) < 4.78 is 20.3. The molecule has 0 unspecified atom stereocenters. The molecule has 3 aromatic rings. The van der Waals surface area contributed by atoms with Crippen molar-refractivity contribution in [1.82, 2.24) is 9.97 Å². The fourth-order valence-electron chi connectivity index (χ4n) is 3.06. The largest absolute Gasteiger partial charge is 0.493 e. The SMILES string of the molecule is CCCCCCCCOc1cc(Nc2nc(-c3cccnc3)c(F)s2)ccc1C. The number of pyridine rings is 1. The molecule has 0 saturated heterocycles. The van der Waals surface area contributed by atoms with E-state index in [1.54, 1.807) is 24.5 Å². The number of hydrogen-bond donors (Lipinski definition) is 1. The molecule has 1 aromatic carbocycles. The van der Waals surface area contributed by atoms with Crippen molar-refractivity contribution < 1.29 is 9.13 Å². The van der Waals surface area contributed by atoms with Gasteiger partial charge in [0.15, 0.2) is 5.13 Å². The molecule has 0 aliphatic heterocycles. The van der Waals surface area contributed by atoms with Crippen LogP contribution >= 0.6 is 11.3 Å². The lowest BCUT2D eigenvalue weighted by atomic mass is 10.1. The van der Waals surface area contributed by atoms with Crippen molar-refractivity contribution in [1.29, 1.82) is 0 Å². The zero-order valence-electron chi connectivity index (χ0n) is 17.1. The Balaban J connectivity index is 1.59. The molecule has 1 N–H and O–H groups in total. The summed E-state index contributed by atoms with van der Waals surface area (Å²) in [7, 11) is 0. The number of benzene rings is 1. The summed E-state index contributed by atoms with van der Waals surface area (Å²) in [6.07, 6.45) is 10.7. The monoisotopic (exact) mass is 413 g/mol. The number of rotatable bonds is 11. The van der Waals surface area contributed by atoms with Crippen LogP contribution in [0, 0.1) is 12.1 Å². The average molecular weight is 414 g/mol. The van der Waals surface area contributed by atoms with Crippen LogP contribution in [0.3, 0.4) is 0 Å². The third kappa shape index (κ3) is 6.26. The molecule has 154 valence electrons. The van der Waals surface area contributed by atoms with Crippen molar-refractivity contribution in [3.63, 3.8) is 0 Å². The molecular weight excluding hydrogens is 385 g/mol. The molecule has 0 saturated carbocycles. The van der Waals surface area contributed by atoms with Crippen molar-refractivity contribution in [2.45, 2.75) is 52.4 Å². The maximum Gasteiger partial charge on any atom is 0.206 e. The van der Waals surface area contributed by atoms with Gasteiger partial charge in [-0.3, -0.25) is 4.98 Å². The van der Waals surface area contributed by atoms with Crippen LogP contribution in [0.5, 0.6) is 5.75 Å². The fourth-order valence-corrected chi connectivity index (χ4v) is 3.79. The van der Waals surface area contributed by atoms with Crippen LogP contribution in [-0.4, -0.2) is 16.6 Å². The quantitative estimate of drug-likeness (QED) is 0.340. The zero-order valence-corrected chi connectivity index (χ0v) is 17.9. The number of ether oxygens (including phenoxy) is 1. The van der Waals surface area contributed by atoms with Crippen LogP contribution in [-0.2, 0) is 0 Å². The van der Waals surface area contributed by atoms with Crippen molar-refractivity contribution in [3.05, 3.63) is 53.4 Å². The first-order valence-corrected chi connectivity index (χ1v) is 11.1. The lowest BCUT2D eigenvalue weighted by Gasteiger charge is -2.11. The number of thiazole rings is 1. The van der Waals surface area contributed by atoms with Gasteiger partial charge in [0.05, 0.1) is 6.61 Å². The minimum Gasteiger partial charge on any atom is -0.493 e. The lowest BCUT2D eigenvalue weighted by molar-refractivity contribution is 0.302. The van der Waals surface area contributed by atoms with E-state index in [0.717, 1.165) is 34.8 Å². The minimum atomic E-state index is -0.327. The first-order chi connectivity index (χ1) is 14.2. The Morgan fingerprint density at radius 1 is 1.10 bits per heavy atom. The van der Waals surface area contributed by atoms with Crippen LogP contribution in [0.25, 0.3) is 11.3 Å². The molecule has 3 rings (SSSR count). The van der Waals surface area contributed by atoms with Gasteiger partial charge in [-0.2, -0.15) is 4.39 Å². The summed E-state index contributed by atoms with van der Waals surface area (Å²) in [5.74, 6) is 0.855. The van der Waals surface area contributed by atoms with E-state index in [2.05, 4.69) is 22.2 Å². The Kier molecular flexibility index (Phi) is 7.99. The van der Waals surface area contributed by atoms with Gasteiger partial charge in [0.2, 0.25) is 5.13 Å². The highest BCUT2D eigenvalue weighted by atomic mass is 32.1. The van der Waals surface area contributed by atoms with E-state index in [9.17, 15) is 4.39 Å². The topological polar surface area (TPSA) is 47.0 Å². The van der Waals surface area contributed by atoms with E-state index in [0.29, 0.717) is 23.0 Å². The summed E-state index contributed by atoms with van der Waals surface area (Å²) in [6.45, 7) is 4.98. The van der Waals surface area contributed by atoms with E-state index in [-0.39, 0.29) is 5.13 Å². The van der Waals surface area contributed by atoms with Gasteiger partial charge in [0.1, 0.15) is 11.4 Å². The summed E-state index contributed by atoms with van der Waals surface area (Å²) in [5.41, 5.74) is 2.90. The van der Waals surface area contributed by atoms with Gasteiger partial charge >= 0.3 is 0 Å². The Bertz CT molecular complexity index is 898. The van der Waals surface area contributed by atoms with Crippen molar-refractivity contribution in [2.24, 2.45) is 0 Å². The summed E-state index contributed by atoms with van der Waals surface area (Å²) in [6, 6.07) is 9.49. The molecule has 0 aliphatic rings. The molecule has 0 fully saturated rings. The number of aromatic nitrogens is 2. The average Bonchev–Trinajstić information content (AvgIpc) is 3.10. The third-order valence-corrected chi connectivity index (χ3v) is 5.47. The highest BCUT2D eigenvalue weighted by molar-refractivity contribution is 7.14. The number of aryl methyl sites for hydroxylation is 1. The number of anilines is 2. The zero-order chi connectivity index (χ0) is 20.5. The Morgan fingerprint density at radius 3 is 2.72 bits per heavy atom. The fraction of sp³-hybridized carbons (Fsp3) is 0.391. The minimum absolute atomic E-state index is 0.317. The number of unbranched alkanes of at least 4 members (excludes halogenated alkanes) is 5. The predicted molar refractivity (Wildman–Crippen MR) is 119 cm³/mol. The second-order valence-electron chi connectivity index (χ2n) is 7.10. The van der Waals surface area contributed by atoms with E-state index in [1.165, 1.54) is 32.1 Å². The summed E-state index contributed by atoms with van der Waals surface area (Å²) >= 11 is 0.987. The Morgan fingerprint density at radius 2 is 1.93 bits per heavy atom. The first-order valence-electron chi connectivity index (χ1n) is 10.2. The molecular formula is C23H28FN3OS. The van der Waals surface area contributed by atoms with Crippen LogP contribution in [0.4, 0.5) is 15.2 Å². The molecule has 29 heavy (non-hydrogen) atoms. The number of nitrogens with one attached hydrogen (secondary N) is 1. The standard InChI is InChI=1S/C23H28FN3OS/c1-3-4-5-6-7-8-14-28-20-15-19(12-11-17(20)2)26-23-27-21(22(24)29-23)18-10-9-13-25-16-18/h9-13,15-16H,3-8,14H2,1-2H3,(H,26,27). The van der Waals surface area contributed by atoms with E-state index in [1.807, 2.05) is 25.1 Å². The van der Waals surface area contributed by atoms with Crippen molar-refractivity contribution in [3.8, 4) is 17.0 Å². The van der Waals surface area contributed by atoms with Crippen LogP contribution < -0.4 is 10.1 Å². The van der Waals surface area contributed by atoms with Gasteiger partial charge in [-0.05, 0) is 37.1 Å². The third-order valence-electron chi connectivity index (χ3n) is 4.72. The van der Waals surface area contributed by atoms with Gasteiger partial charge in [0, 0.05) is 29.7 Å². The number of nitrogens with zero attached hydrogens (tertiary/aromatic N) is 2. The second kappa shape index (κ2) is 10.9. The molecule has 0 radical (unpaired) electrons. The maximum atomic E-state index is 14.3. The molecule has 4 nitrogen and oxygen atoms in total. The van der Waals surface area contributed by atoms with Crippen molar-refractivity contribution >= 4 is 22.2 Å². The Hall–Kier alpha value is -2.47. The number of halogens is 1. The molecule has 0 spiro atoms. The molecule has 0 bridgehead atoms. The van der Waals surface area contributed by atoms with Gasteiger partial charge in [0.25, 0.3) is 0 Å². The highest BCUT2D eigenvalue weighted by Gasteiger charge is 2.13. The molecule has 0 aliphatic carbocycles. The highest BCUT2D eigenvalue weighted by Crippen LogP contribution is 2.32. The van der Waals surface area contributed by atoms with Gasteiger partial charge in [-0.1, -0.05) is 56.4 Å². The molecule has 2 aromatic heterocycles. The van der Waals surface area contributed by atoms with E-state index >= 15 is 0 Å². The molecule has 0 atom stereocenters. The van der Waals surface area contributed by atoms with Crippen LogP contribution in [0.15, 0.2) is 42.7 Å². The molecule has 6 heteroatoms. The van der Waals surface area contributed by atoms with Crippen LogP contribution in [0.2, 0.25) is 0 Å². The van der Waals surface area contributed by atoms with Gasteiger partial charge in [-0.15, -0.1) is 0 Å². The molecule has 0 amide bonds. The predicted octanol–water partition coefficient (Wildman–Crippen LogP) is 7.14. The summed E-state index contributed by atoms with van der Waals surface area (Å²) in [4.78, 5) is 8.42. The summed E-state index contributed by atoms with van der Waals surface area (Å²) in [5, 5.41) is 3.37. The van der Waals surface area contributed by atoms with E-state index < -0.39 is 0 Å². The van der Waals surface area contributed by atoms with Crippen molar-refractivity contribution in [2.75, 3.05) is 11.9 Å². The first kappa shape index (κ1) is 21.2. The maximum absolute atomic E-state index is 14.3. The number of hydrogen-bond acceptors (Lipinski definition) is 5. The second-order valence-corrected chi connectivity index (χ2v) is 8.05. The molecule has 2 heterocycles. The van der Waals surface area contributed by atoms with Crippen LogP contribution in [0.1, 0.15) is 51.0 Å². The van der Waals surface area contributed by atoms with Gasteiger partial charge < -0.3 is 10.1 Å². The lowest BCUT2D eigenvalue weighted by Crippen LogP contribution is -2.00. The Labute approximate surface area is 176 Å². The normalized spacial score (nSPS) is 10.9.